The summed E-state index contributed by atoms with van der Waals surface area (Å²) in [6.07, 6.45) is 4.08. The molecule has 5 rings (SSSR count). The van der Waals surface area contributed by atoms with Gasteiger partial charge in [-0.05, 0) is 48.7 Å². The molecule has 1 saturated heterocycles. The molecule has 1 unspecified atom stereocenters. The summed E-state index contributed by atoms with van der Waals surface area (Å²) in [6.45, 7) is 3.22. The maximum absolute atomic E-state index is 12.7. The predicted molar refractivity (Wildman–Crippen MR) is 120 cm³/mol. The molecule has 1 aliphatic carbocycles. The Labute approximate surface area is 191 Å². The Morgan fingerprint density at radius 2 is 2.00 bits per heavy atom. The molecule has 0 spiro atoms. The molecule has 2 atom stereocenters. The molecule has 8 nitrogen and oxygen atoms in total. The number of anilines is 1. The smallest absolute Gasteiger partial charge is 0.229 e. The van der Waals surface area contributed by atoms with Gasteiger partial charge in [0.2, 0.25) is 5.91 Å². The van der Waals surface area contributed by atoms with E-state index < -0.39 is 0 Å². The van der Waals surface area contributed by atoms with E-state index in [-0.39, 0.29) is 23.8 Å². The van der Waals surface area contributed by atoms with Crippen molar-refractivity contribution >= 4 is 11.7 Å². The molecule has 2 fully saturated rings. The Morgan fingerprint density at radius 1 is 1.18 bits per heavy atom. The van der Waals surface area contributed by atoms with Crippen LogP contribution >= 0.6 is 0 Å². The van der Waals surface area contributed by atoms with Crippen LogP contribution in [0.5, 0.6) is 5.75 Å². The third-order valence-corrected chi connectivity index (χ3v) is 6.05. The zero-order chi connectivity index (χ0) is 22.8. The number of amides is 1. The fourth-order valence-electron chi connectivity index (χ4n) is 4.13. The van der Waals surface area contributed by atoms with E-state index in [9.17, 15) is 10.1 Å². The summed E-state index contributed by atoms with van der Waals surface area (Å²) in [6, 6.07) is 13.3. The molecule has 33 heavy (non-hydrogen) atoms. The van der Waals surface area contributed by atoms with E-state index in [1.54, 1.807) is 12.3 Å². The number of hydrogen-bond acceptors (Lipinski definition) is 7. The largest absolute Gasteiger partial charge is 0.489 e. The Hall–Kier alpha value is -3.70. The summed E-state index contributed by atoms with van der Waals surface area (Å²) in [7, 11) is 0. The highest BCUT2D eigenvalue weighted by Crippen LogP contribution is 2.48. The number of hydrogen-bond donors (Lipinski definition) is 1. The molecule has 2 aliphatic rings. The second-order valence-corrected chi connectivity index (χ2v) is 8.49. The number of nitrogens with one attached hydrogen (secondary N) is 1. The summed E-state index contributed by atoms with van der Waals surface area (Å²) in [5.41, 5.74) is 2.99. The summed E-state index contributed by atoms with van der Waals surface area (Å²) in [5, 5.41) is 16.4. The topological polar surface area (TPSA) is 110 Å². The molecule has 1 N–H and O–H groups in total. The molecule has 0 bridgehead atoms. The highest BCUT2D eigenvalue weighted by molar-refractivity contribution is 5.94. The van der Waals surface area contributed by atoms with Crippen molar-refractivity contribution in [2.45, 2.75) is 38.2 Å². The molecular formula is C25H24N4O4. The van der Waals surface area contributed by atoms with E-state index in [0.717, 1.165) is 41.8 Å². The second kappa shape index (κ2) is 9.04. The molecule has 1 aromatic carbocycles. The van der Waals surface area contributed by atoms with Crippen LogP contribution in [-0.4, -0.2) is 35.4 Å². The minimum atomic E-state index is -0.144. The van der Waals surface area contributed by atoms with Gasteiger partial charge in [-0.1, -0.05) is 11.2 Å². The Bertz CT molecular complexity index is 1210. The highest BCUT2D eigenvalue weighted by atomic mass is 16.5. The number of pyridine rings is 1. The Morgan fingerprint density at radius 3 is 2.76 bits per heavy atom. The molecule has 2 aromatic heterocycles. The van der Waals surface area contributed by atoms with Gasteiger partial charge in [0, 0.05) is 36.9 Å². The van der Waals surface area contributed by atoms with Gasteiger partial charge in [0.1, 0.15) is 29.5 Å². The van der Waals surface area contributed by atoms with Crippen LogP contribution in [0.2, 0.25) is 0 Å². The lowest BCUT2D eigenvalue weighted by atomic mass is 10.0. The average Bonchev–Trinajstić information content (AvgIpc) is 3.53. The quantitative estimate of drug-likeness (QED) is 0.606. The Balaban J connectivity index is 1.27. The molecule has 0 radical (unpaired) electrons. The maximum atomic E-state index is 12.7. The number of rotatable bonds is 6. The van der Waals surface area contributed by atoms with Crippen molar-refractivity contribution in [1.82, 2.24) is 10.1 Å². The first kappa shape index (κ1) is 21.2. The maximum Gasteiger partial charge on any atom is 0.229 e. The predicted octanol–water partition coefficient (Wildman–Crippen LogP) is 4.22. The van der Waals surface area contributed by atoms with Crippen LogP contribution in [0.25, 0.3) is 11.1 Å². The zero-order valence-electron chi connectivity index (χ0n) is 18.3. The normalized spacial score (nSPS) is 20.1. The van der Waals surface area contributed by atoms with Gasteiger partial charge in [-0.2, -0.15) is 5.26 Å². The van der Waals surface area contributed by atoms with Gasteiger partial charge in [-0.15, -0.1) is 0 Å². The molecule has 1 amide bonds. The van der Waals surface area contributed by atoms with Gasteiger partial charge in [0.05, 0.1) is 24.5 Å². The standard InChI is InChI=1S/C25H24N4O4/c1-15-10-23(33-29-15)20-13-21(20)25(30)28-24-12-17(4-7-27-24)16-2-3-22(18(11-16)14-26)32-19-5-8-31-9-6-19/h2-4,7,10-12,19-21H,5-6,8-9,13H2,1H3,(H,27,28,30)/t20?,21-/m1/s1. The highest BCUT2D eigenvalue weighted by Gasteiger charge is 2.46. The summed E-state index contributed by atoms with van der Waals surface area (Å²) in [5.74, 6) is 1.64. The van der Waals surface area contributed by atoms with E-state index in [1.165, 1.54) is 0 Å². The average molecular weight is 444 g/mol. The number of aromatic nitrogens is 2. The van der Waals surface area contributed by atoms with E-state index in [4.69, 9.17) is 14.0 Å². The minimum absolute atomic E-state index is 0.0616. The summed E-state index contributed by atoms with van der Waals surface area (Å²) >= 11 is 0. The van der Waals surface area contributed by atoms with Gasteiger partial charge >= 0.3 is 0 Å². The first-order chi connectivity index (χ1) is 16.1. The van der Waals surface area contributed by atoms with Crippen LogP contribution < -0.4 is 10.1 Å². The van der Waals surface area contributed by atoms with Crippen LogP contribution in [0.15, 0.2) is 47.1 Å². The lowest BCUT2D eigenvalue weighted by Crippen LogP contribution is -2.26. The van der Waals surface area contributed by atoms with Crippen LogP contribution in [0, 0.1) is 24.2 Å². The van der Waals surface area contributed by atoms with Gasteiger partial charge in [0.15, 0.2) is 0 Å². The molecule has 8 heteroatoms. The summed E-state index contributed by atoms with van der Waals surface area (Å²) in [4.78, 5) is 17.0. The van der Waals surface area contributed by atoms with Crippen molar-refractivity contribution in [2.75, 3.05) is 18.5 Å². The van der Waals surface area contributed by atoms with Crippen LogP contribution in [0.1, 0.15) is 42.2 Å². The number of carbonyl (C=O) groups excluding carboxylic acids is 1. The third-order valence-electron chi connectivity index (χ3n) is 6.05. The number of benzene rings is 1. The van der Waals surface area contributed by atoms with Crippen molar-refractivity contribution in [3.8, 4) is 22.9 Å². The van der Waals surface area contributed by atoms with Crippen molar-refractivity contribution in [3.05, 3.63) is 59.6 Å². The number of aryl methyl sites for hydroxylation is 1. The van der Waals surface area contributed by atoms with Gasteiger partial charge in [-0.25, -0.2) is 4.98 Å². The SMILES string of the molecule is Cc1cc(C2C[C@H]2C(=O)Nc2cc(-c3ccc(OC4CCOCC4)c(C#N)c3)ccn2)on1. The van der Waals surface area contributed by atoms with E-state index in [1.807, 2.05) is 37.3 Å². The number of carbonyl (C=O) groups is 1. The van der Waals surface area contributed by atoms with Crippen molar-refractivity contribution in [3.63, 3.8) is 0 Å². The molecular weight excluding hydrogens is 420 g/mol. The summed E-state index contributed by atoms with van der Waals surface area (Å²) < 4.78 is 16.7. The fraction of sp³-hybridized carbons (Fsp3) is 0.360. The van der Waals surface area contributed by atoms with E-state index in [0.29, 0.717) is 30.3 Å². The van der Waals surface area contributed by atoms with Crippen LogP contribution in [-0.2, 0) is 9.53 Å². The van der Waals surface area contributed by atoms with Crippen molar-refractivity contribution < 1.29 is 18.8 Å². The second-order valence-electron chi connectivity index (χ2n) is 8.49. The van der Waals surface area contributed by atoms with Gasteiger partial charge in [0.25, 0.3) is 0 Å². The molecule has 3 aromatic rings. The van der Waals surface area contributed by atoms with Gasteiger partial charge < -0.3 is 19.3 Å². The van der Waals surface area contributed by atoms with Crippen molar-refractivity contribution in [1.29, 1.82) is 5.26 Å². The molecule has 1 aliphatic heterocycles. The molecule has 168 valence electrons. The first-order valence-electron chi connectivity index (χ1n) is 11.1. The number of ether oxygens (including phenoxy) is 2. The lowest BCUT2D eigenvalue weighted by molar-refractivity contribution is -0.117. The van der Waals surface area contributed by atoms with Crippen LogP contribution in [0.4, 0.5) is 5.82 Å². The fourth-order valence-corrected chi connectivity index (χ4v) is 4.13. The van der Waals surface area contributed by atoms with Gasteiger partial charge in [-0.3, -0.25) is 4.79 Å². The number of nitriles is 1. The molecule has 1 saturated carbocycles. The number of nitrogens with zero attached hydrogens (tertiary/aromatic N) is 3. The van der Waals surface area contributed by atoms with E-state index in [2.05, 4.69) is 21.5 Å². The van der Waals surface area contributed by atoms with E-state index >= 15 is 0 Å². The lowest BCUT2D eigenvalue weighted by Gasteiger charge is -2.23. The monoisotopic (exact) mass is 444 g/mol. The Kier molecular flexibility index (Phi) is 5.80. The van der Waals surface area contributed by atoms with Crippen LogP contribution in [0.3, 0.4) is 0 Å². The first-order valence-corrected chi connectivity index (χ1v) is 11.1. The minimum Gasteiger partial charge on any atom is -0.489 e. The van der Waals surface area contributed by atoms with Crippen molar-refractivity contribution in [2.24, 2.45) is 5.92 Å². The molecule has 3 heterocycles. The third kappa shape index (κ3) is 4.73. The zero-order valence-corrected chi connectivity index (χ0v) is 18.3.